The molecule has 0 aromatic heterocycles. The van der Waals surface area contributed by atoms with Gasteiger partial charge in [0.05, 0.1) is 0 Å². The number of rotatable bonds is 6. The highest BCUT2D eigenvalue weighted by molar-refractivity contribution is 5.56. The van der Waals surface area contributed by atoms with Crippen LogP contribution in [0.3, 0.4) is 0 Å². The summed E-state index contributed by atoms with van der Waals surface area (Å²) in [5, 5.41) is 3.65. The molecule has 0 bridgehead atoms. The van der Waals surface area contributed by atoms with Crippen LogP contribution in [-0.2, 0) is 4.84 Å². The molecule has 0 saturated carbocycles. The molecule has 0 unspecified atom stereocenters. The number of hydrogen-bond acceptors (Lipinski definition) is 2. The Morgan fingerprint density at radius 2 is 1.92 bits per heavy atom. The average molecular weight is 181 g/mol. The highest BCUT2D eigenvalue weighted by Crippen LogP contribution is 1.93. The van der Waals surface area contributed by atoms with Gasteiger partial charge in [0.25, 0.3) is 0 Å². The first kappa shape index (κ1) is 12.0. The van der Waals surface area contributed by atoms with Crippen molar-refractivity contribution >= 4 is 6.21 Å². The van der Waals surface area contributed by atoms with Gasteiger partial charge >= 0.3 is 0 Å². The second kappa shape index (κ2) is 11.0. The first-order valence-corrected chi connectivity index (χ1v) is 4.92. The summed E-state index contributed by atoms with van der Waals surface area (Å²) < 4.78 is 0. The molecule has 0 aromatic carbocycles. The van der Waals surface area contributed by atoms with Crippen molar-refractivity contribution in [2.24, 2.45) is 5.16 Å². The topological polar surface area (TPSA) is 21.6 Å². The van der Waals surface area contributed by atoms with Gasteiger partial charge < -0.3 is 4.84 Å². The maximum atomic E-state index is 4.53. The van der Waals surface area contributed by atoms with E-state index in [0.29, 0.717) is 0 Å². The van der Waals surface area contributed by atoms with E-state index in [4.69, 9.17) is 0 Å². The molecule has 2 heteroatoms. The first-order chi connectivity index (χ1) is 6.41. The summed E-state index contributed by atoms with van der Waals surface area (Å²) in [6.45, 7) is 2.18. The van der Waals surface area contributed by atoms with E-state index in [-0.39, 0.29) is 0 Å². The zero-order valence-corrected chi connectivity index (χ0v) is 8.68. The highest BCUT2D eigenvalue weighted by atomic mass is 16.6. The van der Waals surface area contributed by atoms with Gasteiger partial charge in [0, 0.05) is 19.1 Å². The Kier molecular flexibility index (Phi) is 10.2. The lowest BCUT2D eigenvalue weighted by Crippen LogP contribution is -1.77. The standard InChI is InChI=1S/C11H19NO/c1-3-4-5-6-7-8-9-10-11-12-13-2/h11H,3-5,8-10H2,1-2H3. The van der Waals surface area contributed by atoms with Gasteiger partial charge in [-0.25, -0.2) is 0 Å². The summed E-state index contributed by atoms with van der Waals surface area (Å²) in [5.41, 5.74) is 0. The van der Waals surface area contributed by atoms with Crippen LogP contribution in [0.25, 0.3) is 0 Å². The SMILES string of the molecule is CCCCC#CCCCC=NOC. The predicted octanol–water partition coefficient (Wildman–Crippen LogP) is 2.98. The van der Waals surface area contributed by atoms with Crippen LogP contribution in [0, 0.1) is 11.8 Å². The second-order valence-electron chi connectivity index (χ2n) is 2.82. The Bertz CT molecular complexity index is 176. The van der Waals surface area contributed by atoms with Crippen LogP contribution in [0.15, 0.2) is 5.16 Å². The van der Waals surface area contributed by atoms with E-state index in [1.807, 2.05) is 0 Å². The van der Waals surface area contributed by atoms with E-state index >= 15 is 0 Å². The summed E-state index contributed by atoms with van der Waals surface area (Å²) in [6.07, 6.45) is 8.28. The van der Waals surface area contributed by atoms with Crippen LogP contribution in [-0.4, -0.2) is 13.3 Å². The molecule has 0 rings (SSSR count). The Hall–Kier alpha value is -0.970. The zero-order valence-electron chi connectivity index (χ0n) is 8.68. The van der Waals surface area contributed by atoms with Crippen molar-refractivity contribution in [3.05, 3.63) is 0 Å². The van der Waals surface area contributed by atoms with Crippen molar-refractivity contribution in [3.63, 3.8) is 0 Å². The van der Waals surface area contributed by atoms with E-state index in [0.717, 1.165) is 25.7 Å². The maximum absolute atomic E-state index is 4.53. The fourth-order valence-electron chi connectivity index (χ4n) is 0.851. The summed E-state index contributed by atoms with van der Waals surface area (Å²) in [7, 11) is 1.56. The van der Waals surface area contributed by atoms with Crippen molar-refractivity contribution in [3.8, 4) is 11.8 Å². The zero-order chi connectivity index (χ0) is 9.78. The Morgan fingerprint density at radius 3 is 2.54 bits per heavy atom. The van der Waals surface area contributed by atoms with Crippen LogP contribution >= 0.6 is 0 Å². The summed E-state index contributed by atoms with van der Waals surface area (Å²) >= 11 is 0. The van der Waals surface area contributed by atoms with E-state index in [9.17, 15) is 0 Å². The predicted molar refractivity (Wildman–Crippen MR) is 56.7 cm³/mol. The third-order valence-corrected chi connectivity index (χ3v) is 1.60. The van der Waals surface area contributed by atoms with Crippen LogP contribution in [0.5, 0.6) is 0 Å². The van der Waals surface area contributed by atoms with Crippen LogP contribution in [0.4, 0.5) is 0 Å². The molecule has 0 amide bonds. The molecule has 13 heavy (non-hydrogen) atoms. The van der Waals surface area contributed by atoms with Crippen molar-refractivity contribution in [2.45, 2.75) is 45.4 Å². The van der Waals surface area contributed by atoms with Gasteiger partial charge in [-0.15, -0.1) is 11.8 Å². The van der Waals surface area contributed by atoms with E-state index in [1.54, 1.807) is 13.3 Å². The largest absolute Gasteiger partial charge is 0.399 e. The Balaban J connectivity index is 3.13. The number of oxime groups is 1. The monoisotopic (exact) mass is 181 g/mol. The third-order valence-electron chi connectivity index (χ3n) is 1.60. The molecule has 2 nitrogen and oxygen atoms in total. The van der Waals surface area contributed by atoms with Crippen LogP contribution < -0.4 is 0 Å². The van der Waals surface area contributed by atoms with Gasteiger partial charge in [-0.1, -0.05) is 18.5 Å². The lowest BCUT2D eigenvalue weighted by Gasteiger charge is -1.88. The Morgan fingerprint density at radius 1 is 1.23 bits per heavy atom. The van der Waals surface area contributed by atoms with Crippen LogP contribution in [0.2, 0.25) is 0 Å². The molecule has 0 heterocycles. The molecule has 0 radical (unpaired) electrons. The minimum Gasteiger partial charge on any atom is -0.399 e. The maximum Gasteiger partial charge on any atom is 0.106 e. The summed E-state index contributed by atoms with van der Waals surface area (Å²) in [6, 6.07) is 0. The molecule has 0 aliphatic heterocycles. The molecule has 0 saturated heterocycles. The smallest absolute Gasteiger partial charge is 0.106 e. The fraction of sp³-hybridized carbons (Fsp3) is 0.727. The molecular weight excluding hydrogens is 162 g/mol. The van der Waals surface area contributed by atoms with Gasteiger partial charge in [0.2, 0.25) is 0 Å². The van der Waals surface area contributed by atoms with E-state index in [1.165, 1.54) is 12.8 Å². The molecule has 0 aliphatic rings. The normalized spacial score (nSPS) is 9.69. The van der Waals surface area contributed by atoms with Gasteiger partial charge in [-0.3, -0.25) is 0 Å². The van der Waals surface area contributed by atoms with Gasteiger partial charge in [0.1, 0.15) is 7.11 Å². The molecule has 0 atom stereocenters. The lowest BCUT2D eigenvalue weighted by atomic mass is 10.2. The molecule has 74 valence electrons. The molecule has 0 fully saturated rings. The molecular formula is C11H19NO. The number of unbranched alkanes of at least 4 members (excludes halogenated alkanes) is 4. The van der Waals surface area contributed by atoms with Gasteiger partial charge in [0.15, 0.2) is 0 Å². The van der Waals surface area contributed by atoms with Crippen molar-refractivity contribution in [1.82, 2.24) is 0 Å². The third kappa shape index (κ3) is 11.0. The highest BCUT2D eigenvalue weighted by Gasteiger charge is 1.81. The number of hydrogen-bond donors (Lipinski definition) is 0. The van der Waals surface area contributed by atoms with Crippen LogP contribution in [0.1, 0.15) is 45.4 Å². The second-order valence-corrected chi connectivity index (χ2v) is 2.82. The molecule has 0 aromatic rings. The molecule has 0 N–H and O–H groups in total. The fourth-order valence-corrected chi connectivity index (χ4v) is 0.851. The van der Waals surface area contributed by atoms with Gasteiger partial charge in [-0.05, 0) is 19.3 Å². The minimum absolute atomic E-state index is 0.955. The summed E-state index contributed by atoms with van der Waals surface area (Å²) in [5.74, 6) is 6.30. The van der Waals surface area contributed by atoms with E-state index in [2.05, 4.69) is 28.8 Å². The molecule has 0 spiro atoms. The van der Waals surface area contributed by atoms with Crippen molar-refractivity contribution in [1.29, 1.82) is 0 Å². The number of nitrogens with zero attached hydrogens (tertiary/aromatic N) is 1. The van der Waals surface area contributed by atoms with Gasteiger partial charge in [-0.2, -0.15) is 0 Å². The average Bonchev–Trinajstić information content (AvgIpc) is 2.16. The molecule has 0 aliphatic carbocycles. The quantitative estimate of drug-likeness (QED) is 0.267. The summed E-state index contributed by atoms with van der Waals surface area (Å²) in [4.78, 5) is 4.53. The first-order valence-electron chi connectivity index (χ1n) is 4.92. The van der Waals surface area contributed by atoms with Crippen molar-refractivity contribution in [2.75, 3.05) is 7.11 Å². The Labute approximate surface area is 81.4 Å². The van der Waals surface area contributed by atoms with E-state index < -0.39 is 0 Å². The van der Waals surface area contributed by atoms with Crippen molar-refractivity contribution < 1.29 is 4.84 Å². The minimum atomic E-state index is 0.955. The lowest BCUT2D eigenvalue weighted by molar-refractivity contribution is 0.214.